The van der Waals surface area contributed by atoms with Crippen LogP contribution in [0.4, 0.5) is 0 Å². The van der Waals surface area contributed by atoms with E-state index in [0.717, 1.165) is 32.1 Å². The summed E-state index contributed by atoms with van der Waals surface area (Å²) in [4.78, 5) is 0. The fraction of sp³-hybridized carbons (Fsp3) is 1.00. The van der Waals surface area contributed by atoms with E-state index in [1.165, 1.54) is 0 Å². The van der Waals surface area contributed by atoms with Gasteiger partial charge in [-0.3, -0.25) is 0 Å². The van der Waals surface area contributed by atoms with Crippen LogP contribution in [0.5, 0.6) is 0 Å². The Balaban J connectivity index is 0. The van der Waals surface area contributed by atoms with E-state index in [1.54, 1.807) is 0 Å². The van der Waals surface area contributed by atoms with Gasteiger partial charge in [-0.15, -0.1) is 5.60 Å². The average molecular weight is 166 g/mol. The zero-order valence-electron chi connectivity index (χ0n) is 8.44. The Hall–Kier alpha value is 0.960. The van der Waals surface area contributed by atoms with E-state index < -0.39 is 5.60 Å². The summed E-state index contributed by atoms with van der Waals surface area (Å²) in [5.41, 5.74) is -0.608. The first-order chi connectivity index (χ1) is 4.68. The summed E-state index contributed by atoms with van der Waals surface area (Å²) in [6, 6.07) is 0. The topological polar surface area (TPSA) is 23.1 Å². The third kappa shape index (κ3) is 6.15. The molecule has 0 rings (SSSR count). The fourth-order valence-corrected chi connectivity index (χ4v) is 1.39. The molecule has 0 atom stereocenters. The second-order valence-corrected chi connectivity index (χ2v) is 3.04. The van der Waals surface area contributed by atoms with Crippen molar-refractivity contribution in [2.75, 3.05) is 0 Å². The van der Waals surface area contributed by atoms with Gasteiger partial charge in [0, 0.05) is 0 Å². The molecule has 62 valence electrons. The molecular formula is C9H19NaO. The Labute approximate surface area is 92.9 Å². The first kappa shape index (κ1) is 14.5. The Kier molecular flexibility index (Phi) is 10.0. The summed E-state index contributed by atoms with van der Waals surface area (Å²) in [5.74, 6) is 0. The van der Waals surface area contributed by atoms with E-state index in [9.17, 15) is 5.11 Å². The monoisotopic (exact) mass is 166 g/mol. The third-order valence-electron chi connectivity index (χ3n) is 2.06. The van der Waals surface area contributed by atoms with Gasteiger partial charge < -0.3 is 5.11 Å². The van der Waals surface area contributed by atoms with Crippen LogP contribution < -0.4 is 34.7 Å². The van der Waals surface area contributed by atoms with Gasteiger partial charge in [-0.25, -0.2) is 0 Å². The first-order valence-corrected chi connectivity index (χ1v) is 4.39. The van der Waals surface area contributed by atoms with E-state index in [1.807, 2.05) is 6.92 Å². The molecule has 0 aromatic heterocycles. The van der Waals surface area contributed by atoms with Gasteiger partial charge in [-0.2, -0.15) is 0 Å². The molecule has 0 aliphatic rings. The van der Waals surface area contributed by atoms with E-state index in [2.05, 4.69) is 13.8 Å². The minimum atomic E-state index is -0.608. The molecule has 0 aliphatic carbocycles. The van der Waals surface area contributed by atoms with Gasteiger partial charge in [0.15, 0.2) is 0 Å². The molecule has 0 fully saturated rings. The second-order valence-electron chi connectivity index (χ2n) is 3.04. The minimum absolute atomic E-state index is 0. The van der Waals surface area contributed by atoms with Crippen molar-refractivity contribution < 1.29 is 34.7 Å². The van der Waals surface area contributed by atoms with E-state index in [4.69, 9.17) is 0 Å². The Morgan fingerprint density at radius 2 is 1.36 bits per heavy atom. The average Bonchev–Trinajstić information content (AvgIpc) is 1.89. The van der Waals surface area contributed by atoms with Gasteiger partial charge in [0.25, 0.3) is 0 Å². The molecule has 0 aliphatic heterocycles. The molecule has 0 aromatic rings. The molecule has 0 saturated heterocycles. The molecule has 0 spiro atoms. The maximum Gasteiger partial charge on any atom is 1.00 e. The van der Waals surface area contributed by atoms with E-state index >= 15 is 0 Å². The summed E-state index contributed by atoms with van der Waals surface area (Å²) in [7, 11) is 0. The van der Waals surface area contributed by atoms with Gasteiger partial charge >= 0.3 is 29.6 Å². The smallest absolute Gasteiger partial charge is 0.849 e. The van der Waals surface area contributed by atoms with Gasteiger partial charge in [-0.1, -0.05) is 52.9 Å². The summed E-state index contributed by atoms with van der Waals surface area (Å²) in [5, 5.41) is 11.7. The van der Waals surface area contributed by atoms with Crippen molar-refractivity contribution in [3.05, 3.63) is 0 Å². The fourth-order valence-electron chi connectivity index (χ4n) is 1.39. The molecule has 2 heteroatoms. The van der Waals surface area contributed by atoms with Gasteiger partial charge in [-0.05, 0) is 0 Å². The zero-order chi connectivity index (χ0) is 8.04. The van der Waals surface area contributed by atoms with Crippen LogP contribution in [0.2, 0.25) is 0 Å². The van der Waals surface area contributed by atoms with Crippen LogP contribution in [0.1, 0.15) is 52.9 Å². The van der Waals surface area contributed by atoms with Crippen LogP contribution >= 0.6 is 0 Å². The molecule has 0 saturated carbocycles. The molecule has 0 aromatic carbocycles. The molecule has 0 unspecified atom stereocenters. The van der Waals surface area contributed by atoms with Crippen molar-refractivity contribution in [1.29, 1.82) is 0 Å². The van der Waals surface area contributed by atoms with Crippen LogP contribution in [0.25, 0.3) is 0 Å². The molecule has 0 bridgehead atoms. The summed E-state index contributed by atoms with van der Waals surface area (Å²) < 4.78 is 0. The van der Waals surface area contributed by atoms with Gasteiger partial charge in [0.1, 0.15) is 0 Å². The Morgan fingerprint density at radius 3 is 1.55 bits per heavy atom. The molecule has 0 N–H and O–H groups in total. The molecule has 1 nitrogen and oxygen atoms in total. The number of hydrogen-bond acceptors (Lipinski definition) is 1. The quantitative estimate of drug-likeness (QED) is 0.485. The van der Waals surface area contributed by atoms with Crippen molar-refractivity contribution >= 4 is 0 Å². The zero-order valence-corrected chi connectivity index (χ0v) is 10.4. The van der Waals surface area contributed by atoms with Crippen molar-refractivity contribution in [3.8, 4) is 0 Å². The van der Waals surface area contributed by atoms with Crippen molar-refractivity contribution in [3.63, 3.8) is 0 Å². The largest absolute Gasteiger partial charge is 1.00 e. The molecular weight excluding hydrogens is 147 g/mol. The van der Waals surface area contributed by atoms with E-state index in [0.29, 0.717) is 0 Å². The molecule has 0 amide bonds. The van der Waals surface area contributed by atoms with Crippen molar-refractivity contribution in [2.45, 2.75) is 58.5 Å². The van der Waals surface area contributed by atoms with Crippen molar-refractivity contribution in [1.82, 2.24) is 0 Å². The van der Waals surface area contributed by atoms with Crippen LogP contribution in [0.15, 0.2) is 0 Å². The number of rotatable bonds is 5. The van der Waals surface area contributed by atoms with Crippen LogP contribution in [-0.4, -0.2) is 5.60 Å². The Bertz CT molecular complexity index is 77.6. The molecule has 11 heavy (non-hydrogen) atoms. The van der Waals surface area contributed by atoms with E-state index in [-0.39, 0.29) is 29.6 Å². The summed E-state index contributed by atoms with van der Waals surface area (Å²) >= 11 is 0. The van der Waals surface area contributed by atoms with Gasteiger partial charge in [0.2, 0.25) is 0 Å². The molecule has 0 heterocycles. The summed E-state index contributed by atoms with van der Waals surface area (Å²) in [6.07, 6.45) is 4.53. The third-order valence-corrected chi connectivity index (χ3v) is 2.06. The van der Waals surface area contributed by atoms with Crippen molar-refractivity contribution in [2.24, 2.45) is 0 Å². The molecule has 0 radical (unpaired) electrons. The maximum atomic E-state index is 11.7. The van der Waals surface area contributed by atoms with Crippen LogP contribution in [0.3, 0.4) is 0 Å². The standard InChI is InChI=1S/C9H19O.Na/c1-4-7-9(10,6-3)8-5-2;/h4-8H2,1-3H3;/q-1;+1. The normalized spacial score (nSPS) is 10.9. The maximum absolute atomic E-state index is 11.7. The SMILES string of the molecule is CCCC([O-])(CC)CCC.[Na+]. The first-order valence-electron chi connectivity index (χ1n) is 4.39. The number of hydrogen-bond donors (Lipinski definition) is 0. The Morgan fingerprint density at radius 1 is 1.00 bits per heavy atom. The predicted molar refractivity (Wildman–Crippen MR) is 42.8 cm³/mol. The summed E-state index contributed by atoms with van der Waals surface area (Å²) in [6.45, 7) is 6.16. The van der Waals surface area contributed by atoms with Gasteiger partial charge in [0.05, 0.1) is 0 Å². The second kappa shape index (κ2) is 7.60. The van der Waals surface area contributed by atoms with Crippen LogP contribution in [0, 0.1) is 0 Å². The minimum Gasteiger partial charge on any atom is -0.849 e. The predicted octanol–water partition coefficient (Wildman–Crippen LogP) is -0.900. The van der Waals surface area contributed by atoms with Crippen LogP contribution in [-0.2, 0) is 0 Å².